The third-order valence-corrected chi connectivity index (χ3v) is 4.60. The lowest BCUT2D eigenvalue weighted by atomic mass is 9.99. The van der Waals surface area contributed by atoms with E-state index in [4.69, 9.17) is 0 Å². The first-order chi connectivity index (χ1) is 10.8. The topological polar surface area (TPSA) is 55.2 Å². The molecule has 3 rings (SSSR count). The zero-order valence-corrected chi connectivity index (χ0v) is 14.3. The molecule has 0 bridgehead atoms. The summed E-state index contributed by atoms with van der Waals surface area (Å²) >= 11 is 0. The molecule has 4 nitrogen and oxygen atoms in total. The molecule has 1 aromatic carbocycles. The molecule has 2 heterocycles. The summed E-state index contributed by atoms with van der Waals surface area (Å²) in [6, 6.07) is 4.24. The number of allylic oxidation sites excluding steroid dienone is 1. The fraction of sp³-hybridized carbons (Fsp3) is 0.368. The molecule has 0 unspecified atom stereocenters. The van der Waals surface area contributed by atoms with E-state index >= 15 is 0 Å². The standard InChI is InChI=1S/C19H21N3O/c1-10-7-16-14(5)20-18(22-17(16)8-11(10)2)9-15-6-12(3)13(4)19(23)21-15/h7-8H,6,9H2,1-5H3. The van der Waals surface area contributed by atoms with Crippen molar-refractivity contribution in [1.82, 2.24) is 9.97 Å². The zero-order chi connectivity index (χ0) is 16.7. The normalized spacial score (nSPS) is 15.3. The van der Waals surface area contributed by atoms with Crippen LogP contribution in [0.3, 0.4) is 0 Å². The summed E-state index contributed by atoms with van der Waals surface area (Å²) in [5, 5.41) is 1.09. The fourth-order valence-corrected chi connectivity index (χ4v) is 2.85. The molecule has 4 heteroatoms. The summed E-state index contributed by atoms with van der Waals surface area (Å²) in [7, 11) is 0. The summed E-state index contributed by atoms with van der Waals surface area (Å²) in [4.78, 5) is 25.4. The molecule has 1 aliphatic heterocycles. The van der Waals surface area contributed by atoms with Crippen LogP contribution in [0.1, 0.15) is 42.9 Å². The molecule has 118 valence electrons. The van der Waals surface area contributed by atoms with Crippen LogP contribution in [-0.2, 0) is 11.2 Å². The number of rotatable bonds is 2. The fourth-order valence-electron chi connectivity index (χ4n) is 2.85. The number of benzene rings is 1. The van der Waals surface area contributed by atoms with E-state index in [2.05, 4.69) is 40.9 Å². The molecule has 0 spiro atoms. The Morgan fingerprint density at radius 2 is 1.70 bits per heavy atom. The Bertz CT molecular complexity index is 891. The van der Waals surface area contributed by atoms with E-state index in [-0.39, 0.29) is 5.91 Å². The zero-order valence-electron chi connectivity index (χ0n) is 14.3. The molecule has 0 aliphatic carbocycles. The molecule has 0 radical (unpaired) electrons. The lowest BCUT2D eigenvalue weighted by Crippen LogP contribution is -2.16. The van der Waals surface area contributed by atoms with Gasteiger partial charge in [-0.15, -0.1) is 0 Å². The molecule has 0 N–H and O–H groups in total. The molecule has 0 saturated carbocycles. The van der Waals surface area contributed by atoms with Crippen molar-refractivity contribution in [3.8, 4) is 0 Å². The Balaban J connectivity index is 1.97. The minimum Gasteiger partial charge on any atom is -0.267 e. The van der Waals surface area contributed by atoms with Crippen molar-refractivity contribution >= 4 is 22.5 Å². The van der Waals surface area contributed by atoms with Crippen LogP contribution in [0.15, 0.2) is 28.3 Å². The van der Waals surface area contributed by atoms with Crippen molar-refractivity contribution in [2.75, 3.05) is 0 Å². The number of aromatic nitrogens is 2. The minimum atomic E-state index is -0.132. The maximum atomic E-state index is 11.9. The summed E-state index contributed by atoms with van der Waals surface area (Å²) in [5.41, 5.74) is 7.10. The van der Waals surface area contributed by atoms with Gasteiger partial charge in [-0.1, -0.05) is 5.57 Å². The van der Waals surface area contributed by atoms with Crippen LogP contribution in [0, 0.1) is 20.8 Å². The Hall–Kier alpha value is -2.36. The second-order valence-electron chi connectivity index (χ2n) is 6.42. The summed E-state index contributed by atoms with van der Waals surface area (Å²) in [6.07, 6.45) is 1.25. The predicted octanol–water partition coefficient (Wildman–Crippen LogP) is 3.81. The van der Waals surface area contributed by atoms with Gasteiger partial charge >= 0.3 is 0 Å². The Labute approximate surface area is 136 Å². The average molecular weight is 307 g/mol. The number of carbonyl (C=O) groups excluding carboxylic acids is 1. The van der Waals surface area contributed by atoms with Crippen molar-refractivity contribution < 1.29 is 4.79 Å². The van der Waals surface area contributed by atoms with Crippen LogP contribution in [0.2, 0.25) is 0 Å². The third kappa shape index (κ3) is 2.93. The lowest BCUT2D eigenvalue weighted by molar-refractivity contribution is -0.114. The van der Waals surface area contributed by atoms with Gasteiger partial charge in [0.1, 0.15) is 5.82 Å². The largest absolute Gasteiger partial charge is 0.272 e. The van der Waals surface area contributed by atoms with Gasteiger partial charge in [-0.25, -0.2) is 15.0 Å². The maximum absolute atomic E-state index is 11.9. The van der Waals surface area contributed by atoms with E-state index in [0.29, 0.717) is 6.42 Å². The van der Waals surface area contributed by atoms with E-state index in [1.54, 1.807) is 0 Å². The van der Waals surface area contributed by atoms with Gasteiger partial charge in [-0.05, 0) is 57.9 Å². The predicted molar refractivity (Wildman–Crippen MR) is 92.9 cm³/mol. The van der Waals surface area contributed by atoms with Crippen LogP contribution in [-0.4, -0.2) is 21.6 Å². The highest BCUT2D eigenvalue weighted by atomic mass is 16.1. The second-order valence-corrected chi connectivity index (χ2v) is 6.42. The van der Waals surface area contributed by atoms with Gasteiger partial charge in [0.05, 0.1) is 5.52 Å². The summed E-state index contributed by atoms with van der Waals surface area (Å²) < 4.78 is 0. The van der Waals surface area contributed by atoms with Gasteiger partial charge in [0.2, 0.25) is 0 Å². The molecule has 1 aliphatic rings. The number of hydrogen-bond donors (Lipinski definition) is 0. The Morgan fingerprint density at radius 3 is 2.39 bits per heavy atom. The van der Waals surface area contributed by atoms with Crippen molar-refractivity contribution in [2.24, 2.45) is 4.99 Å². The number of aliphatic imine (C=N–C) groups is 1. The molecular weight excluding hydrogens is 286 g/mol. The van der Waals surface area contributed by atoms with E-state index in [0.717, 1.165) is 45.7 Å². The quantitative estimate of drug-likeness (QED) is 0.848. The molecule has 0 fully saturated rings. The number of fused-ring (bicyclic) bond motifs is 1. The molecule has 1 aromatic heterocycles. The lowest BCUT2D eigenvalue weighted by Gasteiger charge is -2.14. The minimum absolute atomic E-state index is 0.132. The van der Waals surface area contributed by atoms with Gasteiger partial charge in [0.25, 0.3) is 5.91 Å². The van der Waals surface area contributed by atoms with Crippen molar-refractivity contribution in [2.45, 2.75) is 47.5 Å². The van der Waals surface area contributed by atoms with Crippen molar-refractivity contribution in [3.05, 3.63) is 45.9 Å². The first-order valence-corrected chi connectivity index (χ1v) is 7.86. The molecule has 1 amide bonds. The smallest absolute Gasteiger partial charge is 0.267 e. The number of carbonyl (C=O) groups is 1. The van der Waals surface area contributed by atoms with E-state index in [1.165, 1.54) is 11.1 Å². The van der Waals surface area contributed by atoms with E-state index in [1.807, 2.05) is 20.8 Å². The SMILES string of the molecule is CC1=C(C)C(=O)N=C(Cc2nc(C)c3cc(C)c(C)cc3n2)C1. The first-order valence-electron chi connectivity index (χ1n) is 7.86. The van der Waals surface area contributed by atoms with Gasteiger partial charge < -0.3 is 0 Å². The van der Waals surface area contributed by atoms with Gasteiger partial charge in [-0.2, -0.15) is 0 Å². The van der Waals surface area contributed by atoms with Gasteiger partial charge in [0, 0.05) is 35.2 Å². The average Bonchev–Trinajstić information content (AvgIpc) is 2.47. The van der Waals surface area contributed by atoms with Crippen LogP contribution in [0.5, 0.6) is 0 Å². The highest BCUT2D eigenvalue weighted by Gasteiger charge is 2.18. The Morgan fingerprint density at radius 1 is 1.00 bits per heavy atom. The highest BCUT2D eigenvalue weighted by Crippen LogP contribution is 2.22. The van der Waals surface area contributed by atoms with Crippen LogP contribution < -0.4 is 0 Å². The second kappa shape index (κ2) is 5.69. The van der Waals surface area contributed by atoms with Gasteiger partial charge in [-0.3, -0.25) is 4.79 Å². The maximum Gasteiger partial charge on any atom is 0.272 e. The monoisotopic (exact) mass is 307 g/mol. The van der Waals surface area contributed by atoms with Crippen LogP contribution in [0.4, 0.5) is 0 Å². The van der Waals surface area contributed by atoms with Crippen molar-refractivity contribution in [3.63, 3.8) is 0 Å². The molecule has 23 heavy (non-hydrogen) atoms. The number of dihydropyridines is 1. The van der Waals surface area contributed by atoms with Gasteiger partial charge in [0.15, 0.2) is 0 Å². The highest BCUT2D eigenvalue weighted by molar-refractivity contribution is 6.07. The molecule has 0 atom stereocenters. The summed E-state index contributed by atoms with van der Waals surface area (Å²) in [5.74, 6) is 0.602. The van der Waals surface area contributed by atoms with Crippen LogP contribution in [0.25, 0.3) is 10.9 Å². The van der Waals surface area contributed by atoms with E-state index < -0.39 is 0 Å². The number of aryl methyl sites for hydroxylation is 3. The number of nitrogens with zero attached hydrogens (tertiary/aromatic N) is 3. The molecule has 0 saturated heterocycles. The number of amides is 1. The Kier molecular flexibility index (Phi) is 3.84. The molecular formula is C19H21N3O. The number of hydrogen-bond acceptors (Lipinski definition) is 3. The van der Waals surface area contributed by atoms with E-state index in [9.17, 15) is 4.79 Å². The van der Waals surface area contributed by atoms with Crippen LogP contribution >= 0.6 is 0 Å². The summed E-state index contributed by atoms with van der Waals surface area (Å²) in [6.45, 7) is 10.0. The first kappa shape index (κ1) is 15.5. The van der Waals surface area contributed by atoms with Crippen molar-refractivity contribution in [1.29, 1.82) is 0 Å². The molecule has 2 aromatic rings. The third-order valence-electron chi connectivity index (χ3n) is 4.60.